The van der Waals surface area contributed by atoms with Crippen molar-refractivity contribution < 1.29 is 13.2 Å². The molecule has 0 aliphatic heterocycles. The van der Waals surface area contributed by atoms with E-state index in [2.05, 4.69) is 5.32 Å². The van der Waals surface area contributed by atoms with Gasteiger partial charge in [0.15, 0.2) is 0 Å². The number of rotatable bonds is 5. The van der Waals surface area contributed by atoms with Crippen molar-refractivity contribution in [1.82, 2.24) is 5.32 Å². The van der Waals surface area contributed by atoms with Crippen molar-refractivity contribution in [2.75, 3.05) is 6.54 Å². The molecule has 4 nitrogen and oxygen atoms in total. The third-order valence-electron chi connectivity index (χ3n) is 2.36. The van der Waals surface area contributed by atoms with Crippen LogP contribution in [0.15, 0.2) is 17.0 Å². The van der Waals surface area contributed by atoms with Crippen molar-refractivity contribution >= 4 is 48.8 Å². The van der Waals surface area contributed by atoms with E-state index in [1.165, 1.54) is 6.07 Å². The van der Waals surface area contributed by atoms with Gasteiger partial charge in [-0.25, -0.2) is 8.42 Å². The van der Waals surface area contributed by atoms with Gasteiger partial charge in [0, 0.05) is 17.2 Å². The first kappa shape index (κ1) is 16.6. The zero-order valence-electron chi connectivity index (χ0n) is 10.0. The summed E-state index contributed by atoms with van der Waals surface area (Å²) < 4.78 is 22.6. The fourth-order valence-electron chi connectivity index (χ4n) is 1.40. The van der Waals surface area contributed by atoms with E-state index in [0.717, 1.165) is 18.9 Å². The quantitative estimate of drug-likeness (QED) is 0.657. The Bertz CT molecular complexity index is 587. The third kappa shape index (κ3) is 4.24. The topological polar surface area (TPSA) is 63.2 Å². The molecule has 0 aliphatic carbocycles. The molecule has 0 saturated heterocycles. The molecule has 1 amide bonds. The summed E-state index contributed by atoms with van der Waals surface area (Å²) >= 11 is 11.8. The van der Waals surface area contributed by atoms with E-state index < -0.39 is 15.0 Å². The van der Waals surface area contributed by atoms with Crippen molar-refractivity contribution in [3.8, 4) is 0 Å². The summed E-state index contributed by atoms with van der Waals surface area (Å²) in [6.45, 7) is 2.44. The summed E-state index contributed by atoms with van der Waals surface area (Å²) in [6, 6.07) is 2.44. The first-order valence-electron chi connectivity index (χ1n) is 5.50. The van der Waals surface area contributed by atoms with Crippen molar-refractivity contribution in [3.63, 3.8) is 0 Å². The van der Waals surface area contributed by atoms with Crippen LogP contribution >= 0.6 is 33.9 Å². The highest BCUT2D eigenvalue weighted by molar-refractivity contribution is 8.13. The summed E-state index contributed by atoms with van der Waals surface area (Å²) in [5.41, 5.74) is -0.0823. The molecular formula is C11H12Cl3NO3S. The van der Waals surface area contributed by atoms with Crippen LogP contribution in [0.1, 0.15) is 30.1 Å². The summed E-state index contributed by atoms with van der Waals surface area (Å²) in [6.07, 6.45) is 1.71. The number of unbranched alkanes of at least 4 members (excludes halogenated alkanes) is 1. The molecule has 1 aromatic rings. The van der Waals surface area contributed by atoms with Crippen molar-refractivity contribution in [1.29, 1.82) is 0 Å². The molecule has 0 saturated carbocycles. The van der Waals surface area contributed by atoms with E-state index in [-0.39, 0.29) is 20.5 Å². The zero-order chi connectivity index (χ0) is 14.6. The minimum Gasteiger partial charge on any atom is -0.352 e. The van der Waals surface area contributed by atoms with Gasteiger partial charge in [-0.05, 0) is 18.6 Å². The predicted molar refractivity (Wildman–Crippen MR) is 76.7 cm³/mol. The largest absolute Gasteiger partial charge is 0.352 e. The van der Waals surface area contributed by atoms with Gasteiger partial charge in [0.2, 0.25) is 0 Å². The lowest BCUT2D eigenvalue weighted by molar-refractivity contribution is 0.0953. The van der Waals surface area contributed by atoms with E-state index in [9.17, 15) is 13.2 Å². The Morgan fingerprint density at radius 2 is 1.95 bits per heavy atom. The van der Waals surface area contributed by atoms with Gasteiger partial charge in [0.25, 0.3) is 15.0 Å². The minimum absolute atomic E-state index is 0.0723. The van der Waals surface area contributed by atoms with Gasteiger partial charge in [0.05, 0.1) is 15.6 Å². The Labute approximate surface area is 126 Å². The number of carbonyl (C=O) groups excluding carboxylic acids is 1. The average Bonchev–Trinajstić information content (AvgIpc) is 2.27. The maximum Gasteiger partial charge on any atom is 0.262 e. The van der Waals surface area contributed by atoms with E-state index in [0.29, 0.717) is 6.54 Å². The van der Waals surface area contributed by atoms with Gasteiger partial charge in [0.1, 0.15) is 4.90 Å². The number of halogens is 3. The van der Waals surface area contributed by atoms with Gasteiger partial charge in [-0.2, -0.15) is 0 Å². The summed E-state index contributed by atoms with van der Waals surface area (Å²) in [5, 5.41) is 2.42. The zero-order valence-corrected chi connectivity index (χ0v) is 13.1. The van der Waals surface area contributed by atoms with Crippen molar-refractivity contribution in [3.05, 3.63) is 27.7 Å². The molecular weight excluding hydrogens is 333 g/mol. The number of hydrogen-bond acceptors (Lipinski definition) is 3. The summed E-state index contributed by atoms with van der Waals surface area (Å²) in [5.74, 6) is -0.523. The lowest BCUT2D eigenvalue weighted by Gasteiger charge is -2.10. The molecule has 1 N–H and O–H groups in total. The number of benzene rings is 1. The van der Waals surface area contributed by atoms with Gasteiger partial charge < -0.3 is 5.32 Å². The standard InChI is InChI=1S/C11H12Cl3NO3S/c1-2-3-6-15-11(16)9-7(12)4-5-8(10(9)13)19(14,17)18/h4-5H,2-3,6H2,1H3,(H,15,16). The second kappa shape index (κ2) is 6.79. The Kier molecular flexibility index (Phi) is 5.92. The summed E-state index contributed by atoms with van der Waals surface area (Å²) in [4.78, 5) is 11.6. The minimum atomic E-state index is -4.03. The maximum atomic E-state index is 11.9. The van der Waals surface area contributed by atoms with E-state index in [1.54, 1.807) is 0 Å². The first-order valence-corrected chi connectivity index (χ1v) is 8.56. The number of amides is 1. The molecule has 0 unspecified atom stereocenters. The molecule has 0 fully saturated rings. The van der Waals surface area contributed by atoms with Gasteiger partial charge in [-0.15, -0.1) is 0 Å². The van der Waals surface area contributed by atoms with Crippen LogP contribution in [0.3, 0.4) is 0 Å². The number of carbonyl (C=O) groups is 1. The van der Waals surface area contributed by atoms with Crippen LogP contribution in [0.5, 0.6) is 0 Å². The van der Waals surface area contributed by atoms with Gasteiger partial charge in [-0.1, -0.05) is 36.5 Å². The predicted octanol–water partition coefficient (Wildman–Crippen LogP) is 3.45. The van der Waals surface area contributed by atoms with Crippen LogP contribution < -0.4 is 5.32 Å². The van der Waals surface area contributed by atoms with E-state index in [1.807, 2.05) is 6.92 Å². The first-order chi connectivity index (χ1) is 8.79. The normalized spacial score (nSPS) is 11.4. The van der Waals surface area contributed by atoms with E-state index >= 15 is 0 Å². The molecule has 1 aromatic carbocycles. The third-order valence-corrected chi connectivity index (χ3v) is 4.55. The van der Waals surface area contributed by atoms with Crippen LogP contribution in [0.4, 0.5) is 0 Å². The van der Waals surface area contributed by atoms with E-state index in [4.69, 9.17) is 33.9 Å². The second-order valence-electron chi connectivity index (χ2n) is 3.78. The SMILES string of the molecule is CCCCNC(=O)c1c(Cl)ccc(S(=O)(=O)Cl)c1Cl. The molecule has 0 bridgehead atoms. The fraction of sp³-hybridized carbons (Fsp3) is 0.364. The summed E-state index contributed by atoms with van der Waals surface area (Å²) in [7, 11) is 1.20. The molecule has 0 aromatic heterocycles. The highest BCUT2D eigenvalue weighted by atomic mass is 35.7. The van der Waals surface area contributed by atoms with Crippen LogP contribution in [-0.2, 0) is 9.05 Å². The molecule has 8 heteroatoms. The Hall–Kier alpha value is -0.490. The van der Waals surface area contributed by atoms with Gasteiger partial charge in [-0.3, -0.25) is 4.79 Å². The van der Waals surface area contributed by atoms with Gasteiger partial charge >= 0.3 is 0 Å². The molecule has 1 rings (SSSR count). The van der Waals surface area contributed by atoms with Crippen molar-refractivity contribution in [2.24, 2.45) is 0 Å². The molecule has 0 heterocycles. The molecule has 106 valence electrons. The smallest absolute Gasteiger partial charge is 0.262 e. The number of hydrogen-bond donors (Lipinski definition) is 1. The molecule has 0 radical (unpaired) electrons. The Morgan fingerprint density at radius 3 is 2.47 bits per heavy atom. The highest BCUT2D eigenvalue weighted by Gasteiger charge is 2.23. The second-order valence-corrected chi connectivity index (χ2v) is 7.10. The lowest BCUT2D eigenvalue weighted by atomic mass is 10.2. The van der Waals surface area contributed by atoms with Crippen LogP contribution in [0.2, 0.25) is 10.0 Å². The number of nitrogens with one attached hydrogen (secondary N) is 1. The monoisotopic (exact) mass is 343 g/mol. The lowest BCUT2D eigenvalue weighted by Crippen LogP contribution is -2.25. The molecule has 0 aliphatic rings. The van der Waals surface area contributed by atoms with Crippen LogP contribution in [-0.4, -0.2) is 20.9 Å². The van der Waals surface area contributed by atoms with Crippen LogP contribution in [0.25, 0.3) is 0 Å². The molecule has 0 spiro atoms. The highest BCUT2D eigenvalue weighted by Crippen LogP contribution is 2.32. The van der Waals surface area contributed by atoms with Crippen LogP contribution in [0, 0.1) is 0 Å². The molecule has 19 heavy (non-hydrogen) atoms. The molecule has 0 atom stereocenters. The maximum absolute atomic E-state index is 11.9. The Balaban J connectivity index is 3.17. The average molecular weight is 345 g/mol. The Morgan fingerprint density at radius 1 is 1.32 bits per heavy atom. The van der Waals surface area contributed by atoms with Crippen molar-refractivity contribution in [2.45, 2.75) is 24.7 Å². The fourth-order valence-corrected chi connectivity index (χ4v) is 3.29.